The van der Waals surface area contributed by atoms with Crippen molar-refractivity contribution in [3.8, 4) is 0 Å². The van der Waals surface area contributed by atoms with E-state index in [1.807, 2.05) is 13.0 Å². The number of nitrogens with one attached hydrogen (secondary N) is 2. The minimum absolute atomic E-state index is 0.268. The first-order chi connectivity index (χ1) is 9.17. The van der Waals surface area contributed by atoms with Gasteiger partial charge in [0.2, 0.25) is 0 Å². The molecular formula is C14H17FN4. The maximum Gasteiger partial charge on any atom is 0.151 e. The normalized spacial score (nSPS) is 10.3. The molecule has 1 aromatic heterocycles. The summed E-state index contributed by atoms with van der Waals surface area (Å²) < 4.78 is 13.3. The van der Waals surface area contributed by atoms with Gasteiger partial charge in [-0.05, 0) is 37.1 Å². The standard InChI is InChI=1S/C14H17FN4/c1-3-4-17-13-8-16-9-14(19-13)18-12-6-10(2)5-11(15)7-12/h5-9H,3-4H2,1-2H3,(H2,17,18,19). The van der Waals surface area contributed by atoms with Gasteiger partial charge in [0.25, 0.3) is 0 Å². The van der Waals surface area contributed by atoms with Crippen LogP contribution in [0.4, 0.5) is 21.7 Å². The van der Waals surface area contributed by atoms with Crippen LogP contribution in [0, 0.1) is 12.7 Å². The molecule has 0 atom stereocenters. The summed E-state index contributed by atoms with van der Waals surface area (Å²) in [6, 6.07) is 4.77. The molecule has 0 radical (unpaired) electrons. The largest absolute Gasteiger partial charge is 0.369 e. The second-order valence-corrected chi connectivity index (χ2v) is 4.36. The summed E-state index contributed by atoms with van der Waals surface area (Å²) in [7, 11) is 0. The number of hydrogen-bond acceptors (Lipinski definition) is 4. The molecule has 4 nitrogen and oxygen atoms in total. The van der Waals surface area contributed by atoms with Gasteiger partial charge >= 0.3 is 0 Å². The van der Waals surface area contributed by atoms with Crippen molar-refractivity contribution in [2.24, 2.45) is 0 Å². The van der Waals surface area contributed by atoms with Crippen molar-refractivity contribution in [2.45, 2.75) is 20.3 Å². The van der Waals surface area contributed by atoms with Gasteiger partial charge in [-0.1, -0.05) is 6.92 Å². The van der Waals surface area contributed by atoms with E-state index < -0.39 is 0 Å². The van der Waals surface area contributed by atoms with Crippen LogP contribution in [-0.4, -0.2) is 16.5 Å². The van der Waals surface area contributed by atoms with E-state index in [0.717, 1.165) is 18.5 Å². The molecule has 2 aromatic rings. The van der Waals surface area contributed by atoms with Gasteiger partial charge in [0.15, 0.2) is 5.82 Å². The van der Waals surface area contributed by atoms with Crippen LogP contribution in [0.1, 0.15) is 18.9 Å². The van der Waals surface area contributed by atoms with Crippen molar-refractivity contribution in [2.75, 3.05) is 17.2 Å². The fraction of sp³-hybridized carbons (Fsp3) is 0.286. The van der Waals surface area contributed by atoms with Gasteiger partial charge in [-0.15, -0.1) is 0 Å². The highest BCUT2D eigenvalue weighted by molar-refractivity contribution is 5.57. The molecule has 0 aliphatic rings. The first kappa shape index (κ1) is 13.3. The molecule has 0 aliphatic carbocycles. The number of halogens is 1. The molecule has 0 fully saturated rings. The quantitative estimate of drug-likeness (QED) is 0.864. The molecular weight excluding hydrogens is 243 g/mol. The van der Waals surface area contributed by atoms with Crippen LogP contribution >= 0.6 is 0 Å². The van der Waals surface area contributed by atoms with Gasteiger partial charge in [0, 0.05) is 12.2 Å². The van der Waals surface area contributed by atoms with Gasteiger partial charge in [-0.2, -0.15) is 0 Å². The fourth-order valence-corrected chi connectivity index (χ4v) is 1.72. The minimum Gasteiger partial charge on any atom is -0.369 e. The Balaban J connectivity index is 2.13. The van der Waals surface area contributed by atoms with Crippen molar-refractivity contribution in [3.63, 3.8) is 0 Å². The summed E-state index contributed by atoms with van der Waals surface area (Å²) in [6.07, 6.45) is 4.29. The highest BCUT2D eigenvalue weighted by Gasteiger charge is 2.01. The second-order valence-electron chi connectivity index (χ2n) is 4.36. The Bertz CT molecular complexity index is 537. The predicted molar refractivity (Wildman–Crippen MR) is 75.2 cm³/mol. The van der Waals surface area contributed by atoms with E-state index in [9.17, 15) is 4.39 Å². The van der Waals surface area contributed by atoms with E-state index in [1.54, 1.807) is 12.4 Å². The molecule has 1 aromatic carbocycles. The molecule has 5 heteroatoms. The summed E-state index contributed by atoms with van der Waals surface area (Å²) >= 11 is 0. The average molecular weight is 260 g/mol. The van der Waals surface area contributed by atoms with Crippen LogP contribution in [-0.2, 0) is 0 Å². The Morgan fingerprint density at radius 2 is 1.95 bits per heavy atom. The van der Waals surface area contributed by atoms with Crippen molar-refractivity contribution in [1.82, 2.24) is 9.97 Å². The molecule has 0 bridgehead atoms. The first-order valence-corrected chi connectivity index (χ1v) is 6.27. The van der Waals surface area contributed by atoms with Crippen LogP contribution in [0.15, 0.2) is 30.6 Å². The molecule has 0 saturated carbocycles. The lowest BCUT2D eigenvalue weighted by Crippen LogP contribution is -2.04. The lowest BCUT2D eigenvalue weighted by Gasteiger charge is -2.08. The van der Waals surface area contributed by atoms with Crippen molar-refractivity contribution in [1.29, 1.82) is 0 Å². The zero-order valence-electron chi connectivity index (χ0n) is 11.1. The number of aromatic nitrogens is 2. The molecule has 0 unspecified atom stereocenters. The zero-order chi connectivity index (χ0) is 13.7. The van der Waals surface area contributed by atoms with Crippen molar-refractivity contribution >= 4 is 17.3 Å². The zero-order valence-corrected chi connectivity index (χ0v) is 11.1. The summed E-state index contributed by atoms with van der Waals surface area (Å²) in [5.41, 5.74) is 1.52. The van der Waals surface area contributed by atoms with Crippen molar-refractivity contribution < 1.29 is 4.39 Å². The monoisotopic (exact) mass is 260 g/mol. The topological polar surface area (TPSA) is 49.8 Å². The molecule has 0 aliphatic heterocycles. The van der Waals surface area contributed by atoms with Crippen LogP contribution in [0.3, 0.4) is 0 Å². The maximum atomic E-state index is 13.3. The van der Waals surface area contributed by atoms with E-state index in [4.69, 9.17) is 0 Å². The number of anilines is 3. The van der Waals surface area contributed by atoms with Crippen LogP contribution in [0.5, 0.6) is 0 Å². The Morgan fingerprint density at radius 3 is 2.68 bits per heavy atom. The van der Waals surface area contributed by atoms with Gasteiger partial charge < -0.3 is 10.6 Å². The van der Waals surface area contributed by atoms with E-state index in [2.05, 4.69) is 27.5 Å². The highest BCUT2D eigenvalue weighted by Crippen LogP contribution is 2.18. The number of nitrogens with zero attached hydrogens (tertiary/aromatic N) is 2. The summed E-state index contributed by atoms with van der Waals surface area (Å²) in [6.45, 7) is 4.77. The molecule has 19 heavy (non-hydrogen) atoms. The average Bonchev–Trinajstić information content (AvgIpc) is 2.35. The van der Waals surface area contributed by atoms with E-state index in [0.29, 0.717) is 17.3 Å². The SMILES string of the molecule is CCCNc1cncc(Nc2cc(C)cc(F)c2)n1. The number of rotatable bonds is 5. The number of aryl methyl sites for hydroxylation is 1. The molecule has 0 amide bonds. The third-order valence-corrected chi connectivity index (χ3v) is 2.51. The first-order valence-electron chi connectivity index (χ1n) is 6.27. The van der Waals surface area contributed by atoms with Gasteiger partial charge in [-0.3, -0.25) is 4.98 Å². The second kappa shape index (κ2) is 6.13. The molecule has 100 valence electrons. The Labute approximate surface area is 112 Å². The molecule has 0 saturated heterocycles. The van der Waals surface area contributed by atoms with Crippen molar-refractivity contribution in [3.05, 3.63) is 42.0 Å². The van der Waals surface area contributed by atoms with Gasteiger partial charge in [0.1, 0.15) is 11.6 Å². The highest BCUT2D eigenvalue weighted by atomic mass is 19.1. The number of hydrogen-bond donors (Lipinski definition) is 2. The Hall–Kier alpha value is -2.17. The maximum absolute atomic E-state index is 13.3. The summed E-state index contributed by atoms with van der Waals surface area (Å²) in [5, 5.41) is 6.20. The molecule has 1 heterocycles. The smallest absolute Gasteiger partial charge is 0.151 e. The third-order valence-electron chi connectivity index (χ3n) is 2.51. The molecule has 2 N–H and O–H groups in total. The van der Waals surface area contributed by atoms with Gasteiger partial charge in [-0.25, -0.2) is 9.37 Å². The van der Waals surface area contributed by atoms with E-state index >= 15 is 0 Å². The summed E-state index contributed by atoms with van der Waals surface area (Å²) in [4.78, 5) is 8.46. The molecule has 2 rings (SSSR count). The van der Waals surface area contributed by atoms with Gasteiger partial charge in [0.05, 0.1) is 12.4 Å². The summed E-state index contributed by atoms with van der Waals surface area (Å²) in [5.74, 6) is 1.03. The minimum atomic E-state index is -0.268. The number of benzene rings is 1. The van der Waals surface area contributed by atoms with Crippen LogP contribution in [0.25, 0.3) is 0 Å². The fourth-order valence-electron chi connectivity index (χ4n) is 1.72. The Kier molecular flexibility index (Phi) is 4.28. The Morgan fingerprint density at radius 1 is 1.16 bits per heavy atom. The van der Waals surface area contributed by atoms with E-state index in [1.165, 1.54) is 12.1 Å². The van der Waals surface area contributed by atoms with Crippen LogP contribution < -0.4 is 10.6 Å². The predicted octanol–water partition coefficient (Wildman–Crippen LogP) is 3.49. The lowest BCUT2D eigenvalue weighted by atomic mass is 10.2. The third kappa shape index (κ3) is 3.91. The van der Waals surface area contributed by atoms with E-state index in [-0.39, 0.29) is 5.82 Å². The lowest BCUT2D eigenvalue weighted by molar-refractivity contribution is 0.627. The molecule has 0 spiro atoms. The van der Waals surface area contributed by atoms with Crippen LogP contribution in [0.2, 0.25) is 0 Å².